The minimum absolute atomic E-state index is 0.0726. The molecule has 1 fully saturated rings. The van der Waals surface area contributed by atoms with Crippen molar-refractivity contribution in [1.29, 1.82) is 0 Å². The van der Waals surface area contributed by atoms with Crippen LogP contribution in [0.3, 0.4) is 0 Å². The molecule has 0 aliphatic carbocycles. The Morgan fingerprint density at radius 1 is 1.61 bits per heavy atom. The number of carbonyl (C=O) groups is 2. The van der Waals surface area contributed by atoms with Gasteiger partial charge < -0.3 is 10.6 Å². The minimum Gasteiger partial charge on any atom is -0.354 e. The monoisotopic (exact) mass is 270 g/mol. The van der Waals surface area contributed by atoms with Crippen molar-refractivity contribution in [3.05, 3.63) is 16.4 Å². The second-order valence-corrected chi connectivity index (χ2v) is 4.72. The SMILES string of the molecule is Cc1nn(CC(=O)N[C@@H]2CCNC2=O)c(C)c1Cl. The fourth-order valence-corrected chi connectivity index (χ4v) is 2.07. The predicted octanol–water partition coefficient (Wildman–Crippen LogP) is 0.158. The van der Waals surface area contributed by atoms with Gasteiger partial charge in [-0.25, -0.2) is 0 Å². The van der Waals surface area contributed by atoms with Gasteiger partial charge in [0.2, 0.25) is 11.8 Å². The first-order valence-corrected chi connectivity index (χ1v) is 6.13. The molecule has 0 unspecified atom stereocenters. The molecule has 0 bridgehead atoms. The van der Waals surface area contributed by atoms with Crippen LogP contribution in [0.1, 0.15) is 17.8 Å². The van der Waals surface area contributed by atoms with Crippen LogP contribution in [0.15, 0.2) is 0 Å². The van der Waals surface area contributed by atoms with Gasteiger partial charge in [0.25, 0.3) is 0 Å². The molecule has 2 amide bonds. The van der Waals surface area contributed by atoms with Gasteiger partial charge >= 0.3 is 0 Å². The molecule has 1 aromatic heterocycles. The van der Waals surface area contributed by atoms with Gasteiger partial charge in [-0.15, -0.1) is 0 Å². The Kier molecular flexibility index (Phi) is 3.56. The average molecular weight is 271 g/mol. The van der Waals surface area contributed by atoms with Crippen LogP contribution >= 0.6 is 11.6 Å². The predicted molar refractivity (Wildman–Crippen MR) is 66.3 cm³/mol. The maximum Gasteiger partial charge on any atom is 0.242 e. The van der Waals surface area contributed by atoms with Gasteiger partial charge in [-0.3, -0.25) is 14.3 Å². The van der Waals surface area contributed by atoms with E-state index >= 15 is 0 Å². The quantitative estimate of drug-likeness (QED) is 0.821. The Morgan fingerprint density at radius 3 is 2.83 bits per heavy atom. The van der Waals surface area contributed by atoms with Crippen molar-refractivity contribution in [1.82, 2.24) is 20.4 Å². The number of aryl methyl sites for hydroxylation is 1. The summed E-state index contributed by atoms with van der Waals surface area (Å²) in [5.41, 5.74) is 1.45. The first kappa shape index (κ1) is 12.9. The van der Waals surface area contributed by atoms with Crippen molar-refractivity contribution in [2.45, 2.75) is 32.9 Å². The van der Waals surface area contributed by atoms with Crippen LogP contribution < -0.4 is 10.6 Å². The molecule has 7 heteroatoms. The maximum absolute atomic E-state index is 11.8. The number of carbonyl (C=O) groups excluding carboxylic acids is 2. The summed E-state index contributed by atoms with van der Waals surface area (Å²) in [6.45, 7) is 4.27. The third-order valence-corrected chi connectivity index (χ3v) is 3.52. The van der Waals surface area contributed by atoms with E-state index in [1.54, 1.807) is 18.5 Å². The highest BCUT2D eigenvalue weighted by molar-refractivity contribution is 6.31. The highest BCUT2D eigenvalue weighted by Gasteiger charge is 2.25. The summed E-state index contributed by atoms with van der Waals surface area (Å²) >= 11 is 6.00. The molecule has 2 heterocycles. The summed E-state index contributed by atoms with van der Waals surface area (Å²) in [6.07, 6.45) is 0.627. The van der Waals surface area contributed by atoms with Crippen LogP contribution in [0.5, 0.6) is 0 Å². The molecule has 1 atom stereocenters. The molecular formula is C11H15ClN4O2. The molecule has 1 saturated heterocycles. The summed E-state index contributed by atoms with van der Waals surface area (Å²) < 4.78 is 1.54. The van der Waals surface area contributed by atoms with Crippen LogP contribution in [-0.2, 0) is 16.1 Å². The highest BCUT2D eigenvalue weighted by Crippen LogP contribution is 2.18. The summed E-state index contributed by atoms with van der Waals surface area (Å²) in [7, 11) is 0. The summed E-state index contributed by atoms with van der Waals surface area (Å²) in [5, 5.41) is 10.1. The van der Waals surface area contributed by atoms with Crippen molar-refractivity contribution in [3.8, 4) is 0 Å². The summed E-state index contributed by atoms with van der Waals surface area (Å²) in [4.78, 5) is 23.1. The molecule has 1 aliphatic heterocycles. The van der Waals surface area contributed by atoms with Crippen LogP contribution in [-0.4, -0.2) is 34.2 Å². The lowest BCUT2D eigenvalue weighted by Crippen LogP contribution is -2.41. The lowest BCUT2D eigenvalue weighted by molar-refractivity contribution is -0.127. The smallest absolute Gasteiger partial charge is 0.242 e. The van der Waals surface area contributed by atoms with Gasteiger partial charge in [0.05, 0.1) is 16.4 Å². The molecule has 2 N–H and O–H groups in total. The first-order chi connectivity index (χ1) is 8.49. The molecule has 0 aromatic carbocycles. The van der Waals surface area contributed by atoms with Gasteiger partial charge in [-0.2, -0.15) is 5.10 Å². The van der Waals surface area contributed by atoms with Gasteiger partial charge in [0.15, 0.2) is 0 Å². The Hall–Kier alpha value is -1.56. The van der Waals surface area contributed by atoms with E-state index in [4.69, 9.17) is 11.6 Å². The first-order valence-electron chi connectivity index (χ1n) is 5.75. The normalized spacial score (nSPS) is 18.8. The van der Waals surface area contributed by atoms with E-state index in [1.165, 1.54) is 0 Å². The number of hydrogen-bond acceptors (Lipinski definition) is 3. The molecule has 0 radical (unpaired) electrons. The average Bonchev–Trinajstić information content (AvgIpc) is 2.80. The molecule has 18 heavy (non-hydrogen) atoms. The number of aromatic nitrogens is 2. The Labute approximate surface area is 110 Å². The lowest BCUT2D eigenvalue weighted by Gasteiger charge is -2.10. The summed E-state index contributed by atoms with van der Waals surface area (Å²) in [6, 6.07) is -0.426. The Morgan fingerprint density at radius 2 is 2.33 bits per heavy atom. The van der Waals surface area contributed by atoms with Crippen LogP contribution in [0.25, 0.3) is 0 Å². The van der Waals surface area contributed by atoms with Crippen molar-refractivity contribution < 1.29 is 9.59 Å². The molecule has 0 saturated carbocycles. The molecule has 1 aliphatic rings. The van der Waals surface area contributed by atoms with E-state index in [0.717, 1.165) is 5.69 Å². The fourth-order valence-electron chi connectivity index (χ4n) is 1.94. The molecular weight excluding hydrogens is 256 g/mol. The van der Waals surface area contributed by atoms with E-state index in [1.807, 2.05) is 0 Å². The van der Waals surface area contributed by atoms with Crippen molar-refractivity contribution >= 4 is 23.4 Å². The topological polar surface area (TPSA) is 76.0 Å². The number of rotatable bonds is 3. The van der Waals surface area contributed by atoms with Crippen LogP contribution in [0.2, 0.25) is 5.02 Å². The van der Waals surface area contributed by atoms with Gasteiger partial charge in [0, 0.05) is 6.54 Å². The van der Waals surface area contributed by atoms with E-state index in [9.17, 15) is 9.59 Å². The van der Waals surface area contributed by atoms with E-state index < -0.39 is 6.04 Å². The van der Waals surface area contributed by atoms with Crippen molar-refractivity contribution in [3.63, 3.8) is 0 Å². The number of nitrogens with zero attached hydrogens (tertiary/aromatic N) is 2. The zero-order chi connectivity index (χ0) is 13.3. The third-order valence-electron chi connectivity index (χ3n) is 2.97. The Bertz CT molecular complexity index is 497. The number of amides is 2. The number of hydrogen-bond donors (Lipinski definition) is 2. The van der Waals surface area contributed by atoms with E-state index in [2.05, 4.69) is 15.7 Å². The maximum atomic E-state index is 11.8. The minimum atomic E-state index is -0.426. The fraction of sp³-hybridized carbons (Fsp3) is 0.545. The second kappa shape index (κ2) is 4.97. The van der Waals surface area contributed by atoms with Gasteiger partial charge in [0.1, 0.15) is 12.6 Å². The number of nitrogens with one attached hydrogen (secondary N) is 2. The zero-order valence-corrected chi connectivity index (χ0v) is 11.0. The third kappa shape index (κ3) is 2.48. The van der Waals surface area contributed by atoms with E-state index in [-0.39, 0.29) is 18.4 Å². The van der Waals surface area contributed by atoms with Gasteiger partial charge in [-0.1, -0.05) is 11.6 Å². The largest absolute Gasteiger partial charge is 0.354 e. The van der Waals surface area contributed by atoms with Crippen LogP contribution in [0, 0.1) is 13.8 Å². The van der Waals surface area contributed by atoms with E-state index in [0.29, 0.717) is 23.7 Å². The lowest BCUT2D eigenvalue weighted by atomic mass is 10.2. The molecule has 0 spiro atoms. The standard InChI is InChI=1S/C11H15ClN4O2/c1-6-10(12)7(2)16(15-6)5-9(17)14-8-3-4-13-11(8)18/h8H,3-5H2,1-2H3,(H,13,18)(H,14,17)/t8-/m1/s1. The van der Waals surface area contributed by atoms with Crippen molar-refractivity contribution in [2.24, 2.45) is 0 Å². The molecule has 6 nitrogen and oxygen atoms in total. The Balaban J connectivity index is 1.98. The number of halogens is 1. The molecule has 2 rings (SSSR count). The summed E-state index contributed by atoms with van der Waals surface area (Å²) in [5.74, 6) is -0.367. The van der Waals surface area contributed by atoms with Gasteiger partial charge in [-0.05, 0) is 20.3 Å². The zero-order valence-electron chi connectivity index (χ0n) is 10.3. The highest BCUT2D eigenvalue weighted by atomic mass is 35.5. The molecule has 1 aromatic rings. The molecule has 98 valence electrons. The van der Waals surface area contributed by atoms with Crippen molar-refractivity contribution in [2.75, 3.05) is 6.54 Å². The van der Waals surface area contributed by atoms with Crippen LogP contribution in [0.4, 0.5) is 0 Å². The second-order valence-electron chi connectivity index (χ2n) is 4.34.